The van der Waals surface area contributed by atoms with Crippen LogP contribution in [0.15, 0.2) is 36.4 Å². The molecule has 2 aliphatic carbocycles. The van der Waals surface area contributed by atoms with Crippen LogP contribution in [0.5, 0.6) is 0 Å². The fourth-order valence-corrected chi connectivity index (χ4v) is 4.42. The molecule has 32 heavy (non-hydrogen) atoms. The van der Waals surface area contributed by atoms with E-state index in [9.17, 15) is 9.59 Å². The molecule has 4 unspecified atom stereocenters. The first-order valence-electron chi connectivity index (χ1n) is 11.7. The van der Waals surface area contributed by atoms with Crippen molar-refractivity contribution in [2.75, 3.05) is 13.2 Å². The van der Waals surface area contributed by atoms with E-state index in [1.807, 2.05) is 13.8 Å². The highest BCUT2D eigenvalue weighted by Gasteiger charge is 2.46. The lowest BCUT2D eigenvalue weighted by Gasteiger charge is -2.06. The van der Waals surface area contributed by atoms with Gasteiger partial charge in [-0.3, -0.25) is 9.59 Å². The standard InChI is InChI=1S/2C14H18O2/c2*1-4-16-14(15)13-8-12(13)11-7-9(2)5-6-10(11)3/h2*5-7,12-13H,4,8H2,1-3H3. The summed E-state index contributed by atoms with van der Waals surface area (Å²) in [4.78, 5) is 23.1. The van der Waals surface area contributed by atoms with Gasteiger partial charge < -0.3 is 9.47 Å². The fourth-order valence-electron chi connectivity index (χ4n) is 4.42. The number of hydrogen-bond acceptors (Lipinski definition) is 4. The Balaban J connectivity index is 0.000000181. The fraction of sp³-hybridized carbons (Fsp3) is 0.500. The average molecular weight is 437 g/mol. The van der Waals surface area contributed by atoms with Gasteiger partial charge in [-0.1, -0.05) is 47.5 Å². The second kappa shape index (κ2) is 10.3. The summed E-state index contributed by atoms with van der Waals surface area (Å²) in [5.41, 5.74) is 7.71. The molecule has 2 aromatic rings. The van der Waals surface area contributed by atoms with Crippen LogP contribution in [-0.2, 0) is 19.1 Å². The van der Waals surface area contributed by atoms with Crippen molar-refractivity contribution in [3.05, 3.63) is 69.8 Å². The molecule has 2 saturated carbocycles. The topological polar surface area (TPSA) is 52.6 Å². The molecule has 172 valence electrons. The van der Waals surface area contributed by atoms with Gasteiger partial charge in [0.1, 0.15) is 0 Å². The van der Waals surface area contributed by atoms with Gasteiger partial charge in [-0.05, 0) is 88.5 Å². The number of carbonyl (C=O) groups is 2. The van der Waals surface area contributed by atoms with E-state index in [1.54, 1.807) is 0 Å². The van der Waals surface area contributed by atoms with Crippen LogP contribution in [0.2, 0.25) is 0 Å². The predicted molar refractivity (Wildman–Crippen MR) is 127 cm³/mol. The van der Waals surface area contributed by atoms with E-state index in [-0.39, 0.29) is 23.8 Å². The lowest BCUT2D eigenvalue weighted by Crippen LogP contribution is -2.07. The van der Waals surface area contributed by atoms with Crippen LogP contribution in [0, 0.1) is 39.5 Å². The van der Waals surface area contributed by atoms with Crippen molar-refractivity contribution in [3.63, 3.8) is 0 Å². The van der Waals surface area contributed by atoms with Gasteiger partial charge in [-0.2, -0.15) is 0 Å². The zero-order valence-corrected chi connectivity index (χ0v) is 20.2. The molecule has 0 spiro atoms. The van der Waals surface area contributed by atoms with Crippen molar-refractivity contribution in [3.8, 4) is 0 Å². The molecular weight excluding hydrogens is 400 g/mol. The normalized spacial score (nSPS) is 22.9. The first-order chi connectivity index (χ1) is 15.3. The summed E-state index contributed by atoms with van der Waals surface area (Å²) >= 11 is 0. The molecule has 0 bridgehead atoms. The van der Waals surface area contributed by atoms with Gasteiger partial charge in [-0.15, -0.1) is 0 Å². The summed E-state index contributed by atoms with van der Waals surface area (Å²) < 4.78 is 10.1. The van der Waals surface area contributed by atoms with Crippen LogP contribution in [-0.4, -0.2) is 25.2 Å². The number of ether oxygens (including phenoxy) is 2. The number of esters is 2. The maximum absolute atomic E-state index is 11.6. The van der Waals surface area contributed by atoms with E-state index >= 15 is 0 Å². The lowest BCUT2D eigenvalue weighted by atomic mass is 10.0. The van der Waals surface area contributed by atoms with Crippen molar-refractivity contribution >= 4 is 11.9 Å². The Hall–Kier alpha value is -2.62. The third-order valence-corrected chi connectivity index (χ3v) is 6.43. The number of hydrogen-bond donors (Lipinski definition) is 0. The van der Waals surface area contributed by atoms with Gasteiger partial charge in [0.2, 0.25) is 0 Å². The van der Waals surface area contributed by atoms with Gasteiger partial charge in [-0.25, -0.2) is 0 Å². The molecule has 2 aromatic carbocycles. The van der Waals surface area contributed by atoms with Crippen molar-refractivity contribution in [1.29, 1.82) is 0 Å². The number of rotatable bonds is 6. The molecule has 4 heteroatoms. The van der Waals surface area contributed by atoms with Gasteiger partial charge in [0.05, 0.1) is 25.0 Å². The highest BCUT2D eigenvalue weighted by Crippen LogP contribution is 2.50. The summed E-state index contributed by atoms with van der Waals surface area (Å²) in [5, 5.41) is 0. The first-order valence-corrected chi connectivity index (χ1v) is 11.7. The van der Waals surface area contributed by atoms with Crippen molar-refractivity contribution in [2.45, 2.75) is 66.2 Å². The van der Waals surface area contributed by atoms with Gasteiger partial charge in [0.25, 0.3) is 0 Å². The molecule has 0 aromatic heterocycles. The highest BCUT2D eigenvalue weighted by atomic mass is 16.5. The highest BCUT2D eigenvalue weighted by molar-refractivity contribution is 5.78. The number of aryl methyl sites for hydroxylation is 4. The van der Waals surface area contributed by atoms with E-state index < -0.39 is 0 Å². The maximum Gasteiger partial charge on any atom is 0.309 e. The average Bonchev–Trinajstić information content (AvgIpc) is 3.66. The molecule has 4 nitrogen and oxygen atoms in total. The molecule has 4 rings (SSSR count). The predicted octanol–water partition coefficient (Wildman–Crippen LogP) is 5.94. The molecule has 2 fully saturated rings. The van der Waals surface area contributed by atoms with E-state index in [2.05, 4.69) is 64.1 Å². The smallest absolute Gasteiger partial charge is 0.309 e. The van der Waals surface area contributed by atoms with Crippen LogP contribution in [0.4, 0.5) is 0 Å². The van der Waals surface area contributed by atoms with Gasteiger partial charge in [0.15, 0.2) is 0 Å². The van der Waals surface area contributed by atoms with Crippen LogP contribution < -0.4 is 0 Å². The van der Waals surface area contributed by atoms with E-state index in [1.165, 1.54) is 33.4 Å². The molecule has 0 amide bonds. The molecule has 0 saturated heterocycles. The summed E-state index contributed by atoms with van der Waals surface area (Å²) in [7, 11) is 0. The third-order valence-electron chi connectivity index (χ3n) is 6.43. The molecule has 2 aliphatic rings. The van der Waals surface area contributed by atoms with E-state index in [0.29, 0.717) is 25.0 Å². The molecule has 0 aliphatic heterocycles. The Morgan fingerprint density at radius 2 is 1.09 bits per heavy atom. The quantitative estimate of drug-likeness (QED) is 0.526. The number of carbonyl (C=O) groups excluding carboxylic acids is 2. The van der Waals surface area contributed by atoms with Crippen molar-refractivity contribution < 1.29 is 19.1 Å². The summed E-state index contributed by atoms with van der Waals surface area (Å²) in [6, 6.07) is 12.9. The van der Waals surface area contributed by atoms with Crippen molar-refractivity contribution in [2.24, 2.45) is 11.8 Å². The Morgan fingerprint density at radius 3 is 1.44 bits per heavy atom. The maximum atomic E-state index is 11.6. The molecule has 4 atom stereocenters. The van der Waals surface area contributed by atoms with E-state index in [0.717, 1.165) is 12.8 Å². The number of benzene rings is 2. The minimum Gasteiger partial charge on any atom is -0.466 e. The zero-order valence-electron chi connectivity index (χ0n) is 20.2. The summed E-state index contributed by atoms with van der Waals surface area (Å²) in [6.45, 7) is 13.1. The second-order valence-electron chi connectivity index (χ2n) is 9.12. The largest absolute Gasteiger partial charge is 0.466 e. The second-order valence-corrected chi connectivity index (χ2v) is 9.12. The molecule has 0 heterocycles. The van der Waals surface area contributed by atoms with E-state index in [4.69, 9.17) is 9.47 Å². The van der Waals surface area contributed by atoms with Crippen molar-refractivity contribution in [1.82, 2.24) is 0 Å². The van der Waals surface area contributed by atoms with Crippen LogP contribution in [0.3, 0.4) is 0 Å². The molecular formula is C28H36O4. The lowest BCUT2D eigenvalue weighted by molar-refractivity contribution is -0.145. The minimum atomic E-state index is -0.0339. The summed E-state index contributed by atoms with van der Waals surface area (Å²) in [6.07, 6.45) is 1.90. The zero-order chi connectivity index (χ0) is 23.4. The van der Waals surface area contributed by atoms with Crippen LogP contribution >= 0.6 is 0 Å². The monoisotopic (exact) mass is 436 g/mol. The van der Waals surface area contributed by atoms with Gasteiger partial charge >= 0.3 is 11.9 Å². The first kappa shape index (κ1) is 24.0. The Kier molecular flexibility index (Phi) is 7.76. The SMILES string of the molecule is CCOC(=O)C1CC1c1cc(C)ccc1C.CCOC(=O)C1CC1c1cc(C)ccc1C. The van der Waals surface area contributed by atoms with Crippen LogP contribution in [0.25, 0.3) is 0 Å². The molecule has 0 radical (unpaired) electrons. The Bertz CT molecular complexity index is 898. The van der Waals surface area contributed by atoms with Crippen LogP contribution in [0.1, 0.15) is 71.9 Å². The minimum absolute atomic E-state index is 0.0339. The van der Waals surface area contributed by atoms with Gasteiger partial charge in [0, 0.05) is 0 Å². The third kappa shape index (κ3) is 5.79. The Morgan fingerprint density at radius 1 is 0.719 bits per heavy atom. The Labute approximate surface area is 192 Å². The summed E-state index contributed by atoms with van der Waals surface area (Å²) in [5.74, 6) is 0.903. The molecule has 0 N–H and O–H groups in total.